The molecular weight excluding hydrogens is 234 g/mol. The van der Waals surface area contributed by atoms with Gasteiger partial charge in [0, 0.05) is 0 Å². The van der Waals surface area contributed by atoms with Crippen molar-refractivity contribution in [2.75, 3.05) is 6.61 Å². The molecule has 1 aliphatic heterocycles. The Balaban J connectivity index is 2.23. The summed E-state index contributed by atoms with van der Waals surface area (Å²) in [5.41, 5.74) is 11.2. The summed E-state index contributed by atoms with van der Waals surface area (Å²) in [6, 6.07) is 8.24. The van der Waals surface area contributed by atoms with Crippen LogP contribution in [-0.4, -0.2) is 17.4 Å². The zero-order valence-corrected chi connectivity index (χ0v) is 10.5. The molecule has 0 amide bonds. The minimum Gasteiger partial charge on any atom is -0.375 e. The molecule has 17 heavy (non-hydrogen) atoms. The van der Waals surface area contributed by atoms with E-state index in [0.717, 1.165) is 12.1 Å². The molecule has 0 radical (unpaired) electrons. The maximum atomic E-state index is 5.74. The lowest BCUT2D eigenvalue weighted by Gasteiger charge is -2.25. The lowest BCUT2D eigenvalue weighted by Crippen LogP contribution is -2.28. The van der Waals surface area contributed by atoms with Crippen molar-refractivity contribution in [1.82, 2.24) is 5.43 Å². The standard InChI is InChI=1S/C12H15N3OS/c1-8(14-15-12(13)17)11-10-5-3-2-4-9(10)6-7-16-11/h2-5,11H,6-7H2,1H3,(H3,13,15,17)/b14-8-/t11-/m1/s1. The zero-order valence-electron chi connectivity index (χ0n) is 9.64. The van der Waals surface area contributed by atoms with Crippen LogP contribution >= 0.6 is 12.2 Å². The molecule has 0 saturated carbocycles. The third-order valence-corrected chi connectivity index (χ3v) is 2.81. The van der Waals surface area contributed by atoms with E-state index in [9.17, 15) is 0 Å². The van der Waals surface area contributed by atoms with Crippen molar-refractivity contribution in [3.63, 3.8) is 0 Å². The monoisotopic (exact) mass is 249 g/mol. The molecule has 1 heterocycles. The smallest absolute Gasteiger partial charge is 0.184 e. The number of ether oxygens (including phenoxy) is 1. The Morgan fingerprint density at radius 1 is 1.53 bits per heavy atom. The highest BCUT2D eigenvalue weighted by Gasteiger charge is 2.22. The minimum absolute atomic E-state index is 0.109. The average Bonchev–Trinajstić information content (AvgIpc) is 2.35. The summed E-state index contributed by atoms with van der Waals surface area (Å²) in [4.78, 5) is 0. The molecule has 1 aromatic rings. The molecule has 0 aromatic heterocycles. The molecule has 4 nitrogen and oxygen atoms in total. The number of fused-ring (bicyclic) bond motifs is 1. The maximum Gasteiger partial charge on any atom is 0.184 e. The number of hydrazone groups is 1. The van der Waals surface area contributed by atoms with E-state index >= 15 is 0 Å². The molecule has 0 unspecified atom stereocenters. The van der Waals surface area contributed by atoms with Crippen molar-refractivity contribution >= 4 is 23.0 Å². The van der Waals surface area contributed by atoms with Crippen LogP contribution in [0.5, 0.6) is 0 Å². The molecule has 1 atom stereocenters. The fourth-order valence-electron chi connectivity index (χ4n) is 1.94. The molecule has 0 saturated heterocycles. The van der Waals surface area contributed by atoms with Crippen LogP contribution in [0.15, 0.2) is 29.4 Å². The summed E-state index contributed by atoms with van der Waals surface area (Å²) >= 11 is 4.71. The van der Waals surface area contributed by atoms with Crippen LogP contribution in [0, 0.1) is 0 Å². The molecular formula is C12H15N3OS. The Morgan fingerprint density at radius 3 is 3.06 bits per heavy atom. The van der Waals surface area contributed by atoms with Crippen LogP contribution in [0.25, 0.3) is 0 Å². The van der Waals surface area contributed by atoms with Gasteiger partial charge in [-0.2, -0.15) is 5.10 Å². The number of rotatable bonds is 2. The van der Waals surface area contributed by atoms with E-state index in [2.05, 4.69) is 22.7 Å². The molecule has 1 aliphatic rings. The topological polar surface area (TPSA) is 59.6 Å². The van der Waals surface area contributed by atoms with Gasteiger partial charge < -0.3 is 10.5 Å². The summed E-state index contributed by atoms with van der Waals surface area (Å²) in [5.74, 6) is 0. The van der Waals surface area contributed by atoms with Crippen LogP contribution in [0.3, 0.4) is 0 Å². The van der Waals surface area contributed by atoms with E-state index in [1.807, 2.05) is 19.1 Å². The van der Waals surface area contributed by atoms with Gasteiger partial charge >= 0.3 is 0 Å². The molecule has 90 valence electrons. The van der Waals surface area contributed by atoms with Gasteiger partial charge in [0.05, 0.1) is 12.3 Å². The van der Waals surface area contributed by atoms with E-state index < -0.39 is 0 Å². The van der Waals surface area contributed by atoms with E-state index in [-0.39, 0.29) is 11.2 Å². The SMILES string of the molecule is C/C(=N/NC(N)=S)[C@H]1OCCc2ccccc21. The van der Waals surface area contributed by atoms with Gasteiger partial charge in [-0.3, -0.25) is 5.43 Å². The predicted octanol–water partition coefficient (Wildman–Crippen LogP) is 1.51. The summed E-state index contributed by atoms with van der Waals surface area (Å²) < 4.78 is 5.74. The average molecular weight is 249 g/mol. The number of benzene rings is 1. The zero-order chi connectivity index (χ0) is 12.3. The summed E-state index contributed by atoms with van der Waals surface area (Å²) in [6.07, 6.45) is 0.838. The molecule has 0 bridgehead atoms. The second-order valence-electron chi connectivity index (χ2n) is 3.93. The number of nitrogens with two attached hydrogens (primary N) is 1. The van der Waals surface area contributed by atoms with Gasteiger partial charge in [-0.05, 0) is 36.7 Å². The van der Waals surface area contributed by atoms with Gasteiger partial charge in [0.1, 0.15) is 6.10 Å². The van der Waals surface area contributed by atoms with E-state index in [4.69, 9.17) is 22.7 Å². The van der Waals surface area contributed by atoms with Crippen LogP contribution in [0.2, 0.25) is 0 Å². The number of hydrogen-bond donors (Lipinski definition) is 2. The number of nitrogens with one attached hydrogen (secondary N) is 1. The van der Waals surface area contributed by atoms with Crippen molar-refractivity contribution in [3.8, 4) is 0 Å². The highest BCUT2D eigenvalue weighted by molar-refractivity contribution is 7.80. The van der Waals surface area contributed by atoms with Gasteiger partial charge in [0.25, 0.3) is 0 Å². The molecule has 0 spiro atoms. The largest absolute Gasteiger partial charge is 0.375 e. The molecule has 1 aromatic carbocycles. The van der Waals surface area contributed by atoms with Gasteiger partial charge in [-0.25, -0.2) is 0 Å². The summed E-state index contributed by atoms with van der Waals surface area (Å²) in [5, 5.41) is 4.28. The minimum atomic E-state index is -0.109. The maximum absolute atomic E-state index is 5.74. The van der Waals surface area contributed by atoms with Crippen molar-refractivity contribution in [2.24, 2.45) is 10.8 Å². The van der Waals surface area contributed by atoms with Crippen LogP contribution in [-0.2, 0) is 11.2 Å². The Bertz CT molecular complexity index is 459. The van der Waals surface area contributed by atoms with Crippen molar-refractivity contribution in [2.45, 2.75) is 19.4 Å². The first-order valence-corrected chi connectivity index (χ1v) is 5.88. The van der Waals surface area contributed by atoms with E-state index in [1.165, 1.54) is 11.1 Å². The van der Waals surface area contributed by atoms with Crippen molar-refractivity contribution in [3.05, 3.63) is 35.4 Å². The third kappa shape index (κ3) is 2.81. The highest BCUT2D eigenvalue weighted by atomic mass is 32.1. The van der Waals surface area contributed by atoms with Gasteiger partial charge in [-0.15, -0.1) is 0 Å². The van der Waals surface area contributed by atoms with Crippen molar-refractivity contribution < 1.29 is 4.74 Å². The van der Waals surface area contributed by atoms with E-state index in [0.29, 0.717) is 6.61 Å². The summed E-state index contributed by atoms with van der Waals surface area (Å²) in [7, 11) is 0. The highest BCUT2D eigenvalue weighted by Crippen LogP contribution is 2.27. The molecule has 3 N–H and O–H groups in total. The number of hydrogen-bond acceptors (Lipinski definition) is 3. The fraction of sp³-hybridized carbons (Fsp3) is 0.333. The van der Waals surface area contributed by atoms with Gasteiger partial charge in [-0.1, -0.05) is 24.3 Å². The quantitative estimate of drug-likeness (QED) is 0.474. The Morgan fingerprint density at radius 2 is 2.29 bits per heavy atom. The Hall–Kier alpha value is -1.46. The van der Waals surface area contributed by atoms with Gasteiger partial charge in [0.2, 0.25) is 0 Å². The Labute approximate surface area is 106 Å². The third-order valence-electron chi connectivity index (χ3n) is 2.72. The molecule has 0 aliphatic carbocycles. The first-order chi connectivity index (χ1) is 8.18. The first kappa shape index (κ1) is 12.0. The molecule has 2 rings (SSSR count). The number of nitrogens with zero attached hydrogens (tertiary/aromatic N) is 1. The predicted molar refractivity (Wildman–Crippen MR) is 71.9 cm³/mol. The molecule has 5 heteroatoms. The summed E-state index contributed by atoms with van der Waals surface area (Å²) in [6.45, 7) is 2.61. The number of thiocarbonyl (C=S) groups is 1. The van der Waals surface area contributed by atoms with Crippen LogP contribution in [0.4, 0.5) is 0 Å². The fourth-order valence-corrected chi connectivity index (χ4v) is 1.99. The van der Waals surface area contributed by atoms with Gasteiger partial charge in [0.15, 0.2) is 5.11 Å². The lowest BCUT2D eigenvalue weighted by molar-refractivity contribution is 0.0871. The van der Waals surface area contributed by atoms with Crippen molar-refractivity contribution in [1.29, 1.82) is 0 Å². The first-order valence-electron chi connectivity index (χ1n) is 5.47. The van der Waals surface area contributed by atoms with E-state index in [1.54, 1.807) is 0 Å². The van der Waals surface area contributed by atoms with Crippen LogP contribution in [0.1, 0.15) is 24.2 Å². The normalized spacial score (nSPS) is 19.6. The van der Waals surface area contributed by atoms with Crippen LogP contribution < -0.4 is 11.2 Å². The molecule has 0 fully saturated rings. The lowest BCUT2D eigenvalue weighted by atomic mass is 9.95. The second-order valence-corrected chi connectivity index (χ2v) is 4.37. The second kappa shape index (κ2) is 5.25. The Kier molecular flexibility index (Phi) is 3.71.